The number of benzene rings is 2. The monoisotopic (exact) mass is 299 g/mol. The Balaban J connectivity index is 1.61. The Kier molecular flexibility index (Phi) is 4.49. The lowest BCUT2D eigenvalue weighted by molar-refractivity contribution is -0.914. The van der Waals surface area contributed by atoms with Gasteiger partial charge < -0.3 is 19.6 Å². The summed E-state index contributed by atoms with van der Waals surface area (Å²) >= 11 is 0. The maximum atomic E-state index is 10.2. The van der Waals surface area contributed by atoms with Gasteiger partial charge in [-0.15, -0.1) is 0 Å². The van der Waals surface area contributed by atoms with Crippen molar-refractivity contribution in [2.75, 3.05) is 38.2 Å². The normalized spacial score (nSPS) is 15.8. The number of rotatable bonds is 4. The first-order valence-electron chi connectivity index (χ1n) is 7.76. The molecule has 22 heavy (non-hydrogen) atoms. The SMILES string of the molecule is COc1cccc(C[NH+]2CCN(c3ccccc3)CC2)c1O. The summed E-state index contributed by atoms with van der Waals surface area (Å²) in [4.78, 5) is 3.92. The van der Waals surface area contributed by atoms with E-state index >= 15 is 0 Å². The Morgan fingerprint density at radius 2 is 1.77 bits per heavy atom. The molecule has 0 radical (unpaired) electrons. The van der Waals surface area contributed by atoms with Gasteiger partial charge in [-0.2, -0.15) is 0 Å². The minimum Gasteiger partial charge on any atom is -0.504 e. The number of quaternary nitrogens is 1. The first-order valence-corrected chi connectivity index (χ1v) is 7.76. The second-order valence-corrected chi connectivity index (χ2v) is 5.72. The maximum absolute atomic E-state index is 10.2. The van der Waals surface area contributed by atoms with Crippen molar-refractivity contribution in [1.29, 1.82) is 0 Å². The highest BCUT2D eigenvalue weighted by atomic mass is 16.5. The van der Waals surface area contributed by atoms with E-state index < -0.39 is 0 Å². The summed E-state index contributed by atoms with van der Waals surface area (Å²) in [6.45, 7) is 5.08. The van der Waals surface area contributed by atoms with Gasteiger partial charge in [-0.3, -0.25) is 0 Å². The molecule has 0 atom stereocenters. The summed E-state index contributed by atoms with van der Waals surface area (Å²) in [7, 11) is 1.59. The molecule has 2 aromatic rings. The highest BCUT2D eigenvalue weighted by Gasteiger charge is 2.21. The molecule has 0 saturated carbocycles. The standard InChI is InChI=1S/C18H22N2O2/c1-22-17-9-5-6-15(18(17)21)14-19-10-12-20(13-11-19)16-7-3-2-4-8-16/h2-9,21H,10-14H2,1H3/p+1. The number of phenols is 1. The number of methoxy groups -OCH3 is 1. The number of hydrogen-bond donors (Lipinski definition) is 2. The summed E-state index contributed by atoms with van der Waals surface area (Å²) in [5, 5.41) is 10.2. The molecule has 0 bridgehead atoms. The Hall–Kier alpha value is -2.20. The molecule has 0 amide bonds. The predicted molar refractivity (Wildman–Crippen MR) is 87.7 cm³/mol. The van der Waals surface area contributed by atoms with E-state index in [4.69, 9.17) is 4.74 Å². The number of nitrogens with zero attached hydrogens (tertiary/aromatic N) is 1. The summed E-state index contributed by atoms with van der Waals surface area (Å²) in [6, 6.07) is 16.3. The van der Waals surface area contributed by atoms with Crippen LogP contribution in [-0.4, -0.2) is 38.4 Å². The fraction of sp³-hybridized carbons (Fsp3) is 0.333. The van der Waals surface area contributed by atoms with Crippen molar-refractivity contribution in [3.8, 4) is 11.5 Å². The van der Waals surface area contributed by atoms with Gasteiger partial charge in [0.2, 0.25) is 0 Å². The van der Waals surface area contributed by atoms with Gasteiger partial charge in [0.1, 0.15) is 6.54 Å². The molecule has 1 saturated heterocycles. The molecule has 2 aromatic carbocycles. The number of aromatic hydroxyl groups is 1. The Labute approximate surface area is 131 Å². The number of phenolic OH excluding ortho intramolecular Hbond substituents is 1. The number of para-hydroxylation sites is 2. The minimum atomic E-state index is 0.281. The topological polar surface area (TPSA) is 37.1 Å². The van der Waals surface area contributed by atoms with E-state index in [1.165, 1.54) is 10.6 Å². The largest absolute Gasteiger partial charge is 0.504 e. The van der Waals surface area contributed by atoms with E-state index in [9.17, 15) is 5.11 Å². The molecule has 0 spiro atoms. The number of nitrogens with one attached hydrogen (secondary N) is 1. The average Bonchev–Trinajstić information content (AvgIpc) is 2.58. The molecule has 0 aliphatic carbocycles. The van der Waals surface area contributed by atoms with Gasteiger partial charge in [0.15, 0.2) is 11.5 Å². The van der Waals surface area contributed by atoms with Crippen molar-refractivity contribution in [2.24, 2.45) is 0 Å². The van der Waals surface area contributed by atoms with Gasteiger partial charge in [0.05, 0.1) is 38.9 Å². The van der Waals surface area contributed by atoms with Crippen LogP contribution in [-0.2, 0) is 6.54 Å². The van der Waals surface area contributed by atoms with Crippen LogP contribution in [0.3, 0.4) is 0 Å². The lowest BCUT2D eigenvalue weighted by Gasteiger charge is -2.33. The number of hydrogen-bond acceptors (Lipinski definition) is 3. The van der Waals surface area contributed by atoms with E-state index in [1.807, 2.05) is 12.1 Å². The summed E-state index contributed by atoms with van der Waals surface area (Å²) < 4.78 is 5.18. The third kappa shape index (κ3) is 3.17. The zero-order valence-corrected chi connectivity index (χ0v) is 13.0. The molecule has 0 aromatic heterocycles. The minimum absolute atomic E-state index is 0.281. The van der Waals surface area contributed by atoms with Crippen LogP contribution in [0.2, 0.25) is 0 Å². The van der Waals surface area contributed by atoms with Crippen molar-refractivity contribution in [2.45, 2.75) is 6.54 Å². The van der Waals surface area contributed by atoms with Crippen molar-refractivity contribution >= 4 is 5.69 Å². The van der Waals surface area contributed by atoms with Crippen LogP contribution in [0.15, 0.2) is 48.5 Å². The predicted octanol–water partition coefficient (Wildman–Crippen LogP) is 1.31. The first kappa shape index (κ1) is 14.7. The molecule has 0 unspecified atom stereocenters. The van der Waals surface area contributed by atoms with Gasteiger partial charge in [-0.25, -0.2) is 0 Å². The van der Waals surface area contributed by atoms with Crippen molar-refractivity contribution in [3.63, 3.8) is 0 Å². The van der Waals surface area contributed by atoms with Crippen LogP contribution in [0.4, 0.5) is 5.69 Å². The van der Waals surface area contributed by atoms with E-state index in [0.29, 0.717) is 5.75 Å². The second kappa shape index (κ2) is 6.71. The van der Waals surface area contributed by atoms with Crippen LogP contribution >= 0.6 is 0 Å². The fourth-order valence-corrected chi connectivity index (χ4v) is 3.04. The van der Waals surface area contributed by atoms with E-state index in [0.717, 1.165) is 38.3 Å². The summed E-state index contributed by atoms with van der Waals surface area (Å²) in [6.07, 6.45) is 0. The fourth-order valence-electron chi connectivity index (χ4n) is 3.04. The van der Waals surface area contributed by atoms with Crippen LogP contribution < -0.4 is 14.5 Å². The lowest BCUT2D eigenvalue weighted by Crippen LogP contribution is -3.13. The Morgan fingerprint density at radius 1 is 1.05 bits per heavy atom. The van der Waals surface area contributed by atoms with Gasteiger partial charge in [0, 0.05) is 5.69 Å². The maximum Gasteiger partial charge on any atom is 0.166 e. The molecule has 4 heteroatoms. The zero-order valence-electron chi connectivity index (χ0n) is 13.0. The first-order chi connectivity index (χ1) is 10.8. The summed E-state index contributed by atoms with van der Waals surface area (Å²) in [5.41, 5.74) is 2.26. The van der Waals surface area contributed by atoms with Crippen molar-refractivity contribution in [1.82, 2.24) is 0 Å². The second-order valence-electron chi connectivity index (χ2n) is 5.72. The van der Waals surface area contributed by atoms with Gasteiger partial charge in [-0.05, 0) is 24.3 Å². The van der Waals surface area contributed by atoms with Gasteiger partial charge in [0.25, 0.3) is 0 Å². The molecule has 116 valence electrons. The van der Waals surface area contributed by atoms with Crippen molar-refractivity contribution < 1.29 is 14.7 Å². The molecule has 1 aliphatic heterocycles. The van der Waals surface area contributed by atoms with Crippen molar-refractivity contribution in [3.05, 3.63) is 54.1 Å². The Morgan fingerprint density at radius 3 is 2.45 bits per heavy atom. The lowest BCUT2D eigenvalue weighted by atomic mass is 10.1. The molecule has 1 fully saturated rings. The van der Waals surface area contributed by atoms with E-state index in [2.05, 4.69) is 35.2 Å². The van der Waals surface area contributed by atoms with Gasteiger partial charge >= 0.3 is 0 Å². The zero-order chi connectivity index (χ0) is 15.4. The smallest absolute Gasteiger partial charge is 0.166 e. The van der Waals surface area contributed by atoms with Gasteiger partial charge in [-0.1, -0.05) is 24.3 Å². The quantitative estimate of drug-likeness (QED) is 0.894. The highest BCUT2D eigenvalue weighted by Crippen LogP contribution is 2.28. The molecule has 3 rings (SSSR count). The summed E-state index contributed by atoms with van der Waals surface area (Å²) in [5.74, 6) is 0.836. The molecule has 1 aliphatic rings. The number of anilines is 1. The van der Waals surface area contributed by atoms with Crippen LogP contribution in [0, 0.1) is 0 Å². The molecule has 2 N–H and O–H groups in total. The average molecular weight is 299 g/mol. The molecular formula is C18H23N2O2+. The molecule has 4 nitrogen and oxygen atoms in total. The van der Waals surface area contributed by atoms with Crippen LogP contribution in [0.5, 0.6) is 11.5 Å². The molecular weight excluding hydrogens is 276 g/mol. The number of ether oxygens (including phenoxy) is 1. The number of piperazine rings is 1. The van der Waals surface area contributed by atoms with E-state index in [-0.39, 0.29) is 5.75 Å². The Bertz CT molecular complexity index is 608. The highest BCUT2D eigenvalue weighted by molar-refractivity contribution is 5.46. The van der Waals surface area contributed by atoms with Crippen LogP contribution in [0.25, 0.3) is 0 Å². The van der Waals surface area contributed by atoms with Crippen LogP contribution in [0.1, 0.15) is 5.56 Å². The third-order valence-corrected chi connectivity index (χ3v) is 4.33. The third-order valence-electron chi connectivity index (χ3n) is 4.33. The van der Waals surface area contributed by atoms with E-state index in [1.54, 1.807) is 13.2 Å². The molecule has 1 heterocycles.